The first-order chi connectivity index (χ1) is 12.2. The molecule has 4 rings (SSSR count). The summed E-state index contributed by atoms with van der Waals surface area (Å²) in [5, 5.41) is 0. The van der Waals surface area contributed by atoms with E-state index in [9.17, 15) is 4.79 Å². The molecular formula is C22H26N2O. The molecule has 130 valence electrons. The number of anilines is 1. The van der Waals surface area contributed by atoms with Gasteiger partial charge in [-0.3, -0.25) is 4.79 Å². The maximum Gasteiger partial charge on any atom is 0.239 e. The number of rotatable bonds is 4. The largest absolute Gasteiger partial charge is 0.307 e. The molecule has 0 aromatic heterocycles. The Bertz CT molecular complexity index is 752. The van der Waals surface area contributed by atoms with Gasteiger partial charge in [-0.05, 0) is 50.0 Å². The fourth-order valence-electron chi connectivity index (χ4n) is 4.34. The zero-order valence-electron chi connectivity index (χ0n) is 14.9. The first kappa shape index (κ1) is 16.3. The van der Waals surface area contributed by atoms with E-state index in [1.165, 1.54) is 30.4 Å². The van der Waals surface area contributed by atoms with E-state index in [4.69, 9.17) is 0 Å². The van der Waals surface area contributed by atoms with Crippen LogP contribution in [0.1, 0.15) is 37.3 Å². The Hall–Kier alpha value is -2.13. The summed E-state index contributed by atoms with van der Waals surface area (Å²) in [6.45, 7) is 5.83. The molecule has 3 heteroatoms. The van der Waals surface area contributed by atoms with Crippen molar-refractivity contribution < 1.29 is 4.79 Å². The number of carbonyl (C=O) groups excluding carboxylic acids is 1. The van der Waals surface area contributed by atoms with Gasteiger partial charge in [0.25, 0.3) is 0 Å². The molecule has 1 amide bonds. The summed E-state index contributed by atoms with van der Waals surface area (Å²) in [5.41, 5.74) is 2.99. The Morgan fingerprint density at radius 3 is 2.36 bits per heavy atom. The maximum atomic E-state index is 13.5. The zero-order chi connectivity index (χ0) is 17.3. The molecule has 0 radical (unpaired) electrons. The quantitative estimate of drug-likeness (QED) is 0.844. The molecule has 25 heavy (non-hydrogen) atoms. The highest BCUT2D eigenvalue weighted by Crippen LogP contribution is 2.43. The minimum Gasteiger partial charge on any atom is -0.307 e. The van der Waals surface area contributed by atoms with Crippen molar-refractivity contribution in [3.05, 3.63) is 65.7 Å². The van der Waals surface area contributed by atoms with E-state index in [1.807, 2.05) is 29.2 Å². The molecular weight excluding hydrogens is 308 g/mol. The lowest BCUT2D eigenvalue weighted by Gasteiger charge is -2.34. The van der Waals surface area contributed by atoms with Crippen molar-refractivity contribution in [2.75, 3.05) is 24.5 Å². The van der Waals surface area contributed by atoms with E-state index in [0.717, 1.165) is 25.3 Å². The smallest absolute Gasteiger partial charge is 0.239 e. The maximum absolute atomic E-state index is 13.5. The van der Waals surface area contributed by atoms with Crippen LogP contribution >= 0.6 is 0 Å². The number of hydrogen-bond acceptors (Lipinski definition) is 2. The van der Waals surface area contributed by atoms with Gasteiger partial charge in [0.1, 0.15) is 0 Å². The summed E-state index contributed by atoms with van der Waals surface area (Å²) in [5.74, 6) is 0.239. The van der Waals surface area contributed by atoms with Gasteiger partial charge in [-0.15, -0.1) is 0 Å². The SMILES string of the molecule is C[C@]1(CN2CCCCC2)C(=O)N(Cc2ccccc2)c2ccccc21. The van der Waals surface area contributed by atoms with Gasteiger partial charge in [-0.1, -0.05) is 55.0 Å². The number of carbonyl (C=O) groups is 1. The molecule has 0 bridgehead atoms. The van der Waals surface area contributed by atoms with Crippen molar-refractivity contribution in [1.29, 1.82) is 0 Å². The Morgan fingerprint density at radius 2 is 1.60 bits per heavy atom. The Morgan fingerprint density at radius 1 is 0.920 bits per heavy atom. The van der Waals surface area contributed by atoms with Crippen LogP contribution in [-0.2, 0) is 16.8 Å². The van der Waals surface area contributed by atoms with E-state index in [-0.39, 0.29) is 5.91 Å². The number of benzene rings is 2. The van der Waals surface area contributed by atoms with Crippen LogP contribution in [0.2, 0.25) is 0 Å². The predicted molar refractivity (Wildman–Crippen MR) is 102 cm³/mol. The first-order valence-corrected chi connectivity index (χ1v) is 9.36. The highest BCUT2D eigenvalue weighted by atomic mass is 16.2. The van der Waals surface area contributed by atoms with Crippen LogP contribution in [0.15, 0.2) is 54.6 Å². The molecule has 0 N–H and O–H groups in total. The minimum absolute atomic E-state index is 0.239. The predicted octanol–water partition coefficient (Wildman–Crippen LogP) is 3.98. The third kappa shape index (κ3) is 2.98. The van der Waals surface area contributed by atoms with Gasteiger partial charge >= 0.3 is 0 Å². The van der Waals surface area contributed by atoms with Crippen LogP contribution in [0.4, 0.5) is 5.69 Å². The van der Waals surface area contributed by atoms with Crippen LogP contribution in [0.5, 0.6) is 0 Å². The highest BCUT2D eigenvalue weighted by Gasteiger charge is 2.47. The van der Waals surface area contributed by atoms with Crippen molar-refractivity contribution in [2.24, 2.45) is 0 Å². The summed E-state index contributed by atoms with van der Waals surface area (Å²) in [6.07, 6.45) is 3.82. The Balaban J connectivity index is 1.65. The number of amides is 1. The third-order valence-electron chi connectivity index (χ3n) is 5.68. The molecule has 2 heterocycles. The van der Waals surface area contributed by atoms with Crippen LogP contribution in [0.3, 0.4) is 0 Å². The molecule has 1 saturated heterocycles. The Labute approximate surface area is 150 Å². The molecule has 1 fully saturated rings. The fourth-order valence-corrected chi connectivity index (χ4v) is 4.34. The normalized spacial score (nSPS) is 23.7. The summed E-state index contributed by atoms with van der Waals surface area (Å²) in [4.78, 5) is 17.9. The van der Waals surface area contributed by atoms with Gasteiger partial charge in [0.05, 0.1) is 12.0 Å². The summed E-state index contributed by atoms with van der Waals surface area (Å²) < 4.78 is 0. The molecule has 2 aliphatic heterocycles. The molecule has 2 aromatic rings. The van der Waals surface area contributed by atoms with E-state index < -0.39 is 5.41 Å². The number of likely N-dealkylation sites (tertiary alicyclic amines) is 1. The van der Waals surface area contributed by atoms with E-state index in [2.05, 4.69) is 42.2 Å². The van der Waals surface area contributed by atoms with Gasteiger partial charge in [0, 0.05) is 12.2 Å². The van der Waals surface area contributed by atoms with Crippen molar-refractivity contribution in [3.8, 4) is 0 Å². The van der Waals surface area contributed by atoms with Gasteiger partial charge in [-0.25, -0.2) is 0 Å². The fraction of sp³-hybridized carbons (Fsp3) is 0.409. The van der Waals surface area contributed by atoms with Crippen LogP contribution < -0.4 is 4.90 Å². The number of piperidine rings is 1. The molecule has 0 spiro atoms. The second-order valence-electron chi connectivity index (χ2n) is 7.56. The average Bonchev–Trinajstić information content (AvgIpc) is 2.86. The summed E-state index contributed by atoms with van der Waals surface area (Å²) in [7, 11) is 0. The molecule has 2 aliphatic rings. The topological polar surface area (TPSA) is 23.6 Å². The van der Waals surface area contributed by atoms with Crippen molar-refractivity contribution >= 4 is 11.6 Å². The lowest BCUT2D eigenvalue weighted by atomic mass is 9.82. The standard InChI is InChI=1S/C22H26N2O/c1-22(17-23-14-8-3-9-15-23)19-12-6-7-13-20(19)24(21(22)25)16-18-10-4-2-5-11-18/h2,4-7,10-13H,3,8-9,14-17H2,1H3/t22-/m1/s1. The third-order valence-corrected chi connectivity index (χ3v) is 5.68. The van der Waals surface area contributed by atoms with Gasteiger partial charge in [0.2, 0.25) is 5.91 Å². The molecule has 0 unspecified atom stereocenters. The molecule has 2 aromatic carbocycles. The Kier molecular flexibility index (Phi) is 4.34. The lowest BCUT2D eigenvalue weighted by molar-refractivity contribution is -0.123. The second kappa shape index (κ2) is 6.64. The van der Waals surface area contributed by atoms with Crippen molar-refractivity contribution in [3.63, 3.8) is 0 Å². The average molecular weight is 334 g/mol. The van der Waals surface area contributed by atoms with Crippen LogP contribution in [0, 0.1) is 0 Å². The molecule has 0 aliphatic carbocycles. The zero-order valence-corrected chi connectivity index (χ0v) is 14.9. The monoisotopic (exact) mass is 334 g/mol. The number of fused-ring (bicyclic) bond motifs is 1. The molecule has 1 atom stereocenters. The highest BCUT2D eigenvalue weighted by molar-refractivity contribution is 6.08. The van der Waals surface area contributed by atoms with E-state index in [0.29, 0.717) is 6.54 Å². The second-order valence-corrected chi connectivity index (χ2v) is 7.56. The van der Waals surface area contributed by atoms with Crippen LogP contribution in [-0.4, -0.2) is 30.4 Å². The van der Waals surface area contributed by atoms with E-state index in [1.54, 1.807) is 0 Å². The first-order valence-electron chi connectivity index (χ1n) is 9.36. The number of nitrogens with zero attached hydrogens (tertiary/aromatic N) is 2. The van der Waals surface area contributed by atoms with E-state index >= 15 is 0 Å². The number of para-hydroxylation sites is 1. The lowest BCUT2D eigenvalue weighted by Crippen LogP contribution is -2.47. The summed E-state index contributed by atoms with van der Waals surface area (Å²) in [6, 6.07) is 18.6. The minimum atomic E-state index is -0.442. The molecule has 3 nitrogen and oxygen atoms in total. The number of hydrogen-bond donors (Lipinski definition) is 0. The molecule has 0 saturated carbocycles. The van der Waals surface area contributed by atoms with Crippen molar-refractivity contribution in [2.45, 2.75) is 38.1 Å². The van der Waals surface area contributed by atoms with Crippen molar-refractivity contribution in [1.82, 2.24) is 4.90 Å². The van der Waals surface area contributed by atoms with Gasteiger partial charge in [0.15, 0.2) is 0 Å². The van der Waals surface area contributed by atoms with Gasteiger partial charge in [-0.2, -0.15) is 0 Å². The van der Waals surface area contributed by atoms with Crippen LogP contribution in [0.25, 0.3) is 0 Å². The van der Waals surface area contributed by atoms with Gasteiger partial charge < -0.3 is 9.80 Å². The summed E-state index contributed by atoms with van der Waals surface area (Å²) >= 11 is 0.